The van der Waals surface area contributed by atoms with Crippen molar-refractivity contribution in [1.29, 1.82) is 0 Å². The molecule has 0 fully saturated rings. The van der Waals surface area contributed by atoms with Gasteiger partial charge >= 0.3 is 0 Å². The molecule has 0 bridgehead atoms. The first-order valence-corrected chi connectivity index (χ1v) is 9.11. The molecule has 0 aromatic heterocycles. The molecule has 3 aromatic rings. The van der Waals surface area contributed by atoms with E-state index in [9.17, 15) is 4.79 Å². The van der Waals surface area contributed by atoms with Crippen molar-refractivity contribution >= 4 is 17.3 Å². The molecular weight excluding hydrogens is 336 g/mol. The molecule has 0 saturated carbocycles. The predicted molar refractivity (Wildman–Crippen MR) is 109 cm³/mol. The SMILES string of the molecule is COc1ccccc1C(=O)Nc1ccc(N2CCc3ccccc3C2)cc1. The van der Waals surface area contributed by atoms with Crippen LogP contribution in [-0.2, 0) is 13.0 Å². The molecule has 1 aliphatic rings. The van der Waals surface area contributed by atoms with Crippen molar-refractivity contribution in [3.8, 4) is 5.75 Å². The number of hydrogen-bond acceptors (Lipinski definition) is 3. The fourth-order valence-electron chi connectivity index (χ4n) is 3.50. The monoisotopic (exact) mass is 358 g/mol. The van der Waals surface area contributed by atoms with Crippen LogP contribution in [-0.4, -0.2) is 19.6 Å². The number of fused-ring (bicyclic) bond motifs is 1. The summed E-state index contributed by atoms with van der Waals surface area (Å²) in [4.78, 5) is 14.9. The largest absolute Gasteiger partial charge is 0.496 e. The molecule has 136 valence electrons. The molecule has 1 heterocycles. The van der Waals surface area contributed by atoms with Gasteiger partial charge in [0.2, 0.25) is 0 Å². The maximum Gasteiger partial charge on any atom is 0.259 e. The number of para-hydroxylation sites is 1. The van der Waals surface area contributed by atoms with Crippen LogP contribution in [0.5, 0.6) is 5.75 Å². The minimum Gasteiger partial charge on any atom is -0.496 e. The third kappa shape index (κ3) is 3.65. The van der Waals surface area contributed by atoms with E-state index in [0.29, 0.717) is 11.3 Å². The topological polar surface area (TPSA) is 41.6 Å². The van der Waals surface area contributed by atoms with E-state index in [2.05, 4.69) is 46.6 Å². The molecule has 3 aromatic carbocycles. The lowest BCUT2D eigenvalue weighted by atomic mass is 9.99. The number of amides is 1. The Labute approximate surface area is 159 Å². The number of hydrogen-bond donors (Lipinski definition) is 1. The molecule has 0 aliphatic carbocycles. The van der Waals surface area contributed by atoms with Crippen molar-refractivity contribution in [3.05, 3.63) is 89.5 Å². The number of nitrogens with zero attached hydrogens (tertiary/aromatic N) is 1. The second-order valence-electron chi connectivity index (χ2n) is 6.64. The van der Waals surface area contributed by atoms with Crippen LogP contribution < -0.4 is 15.0 Å². The molecule has 4 rings (SSSR count). The number of ether oxygens (including phenoxy) is 1. The molecule has 0 unspecified atom stereocenters. The number of methoxy groups -OCH3 is 1. The van der Waals surface area contributed by atoms with Gasteiger partial charge in [0.15, 0.2) is 0 Å². The molecule has 1 amide bonds. The lowest BCUT2D eigenvalue weighted by Gasteiger charge is -2.30. The Bertz CT molecular complexity index is 951. The average molecular weight is 358 g/mol. The van der Waals surface area contributed by atoms with Crippen LogP contribution in [0.2, 0.25) is 0 Å². The van der Waals surface area contributed by atoms with Crippen LogP contribution in [0.3, 0.4) is 0 Å². The van der Waals surface area contributed by atoms with Gasteiger partial charge in [0, 0.05) is 24.5 Å². The third-order valence-electron chi connectivity index (χ3n) is 4.97. The Morgan fingerprint density at radius 3 is 2.41 bits per heavy atom. The zero-order chi connectivity index (χ0) is 18.6. The second kappa shape index (κ2) is 7.54. The summed E-state index contributed by atoms with van der Waals surface area (Å²) >= 11 is 0. The summed E-state index contributed by atoms with van der Waals surface area (Å²) in [7, 11) is 1.57. The minimum atomic E-state index is -0.174. The van der Waals surface area contributed by atoms with Gasteiger partial charge < -0.3 is 15.0 Å². The van der Waals surface area contributed by atoms with E-state index in [-0.39, 0.29) is 5.91 Å². The first-order chi connectivity index (χ1) is 13.2. The van der Waals surface area contributed by atoms with Crippen LogP contribution >= 0.6 is 0 Å². The van der Waals surface area contributed by atoms with Crippen molar-refractivity contribution < 1.29 is 9.53 Å². The molecule has 0 radical (unpaired) electrons. The van der Waals surface area contributed by atoms with E-state index in [1.165, 1.54) is 16.8 Å². The summed E-state index contributed by atoms with van der Waals surface area (Å²) in [5.41, 5.74) is 5.29. The van der Waals surface area contributed by atoms with Gasteiger partial charge in [-0.2, -0.15) is 0 Å². The summed E-state index contributed by atoms with van der Waals surface area (Å²) < 4.78 is 5.26. The highest BCUT2D eigenvalue weighted by molar-refractivity contribution is 6.06. The van der Waals surface area contributed by atoms with Crippen molar-refractivity contribution in [2.45, 2.75) is 13.0 Å². The van der Waals surface area contributed by atoms with Gasteiger partial charge in [-0.3, -0.25) is 4.79 Å². The highest BCUT2D eigenvalue weighted by Crippen LogP contribution is 2.26. The lowest BCUT2D eigenvalue weighted by molar-refractivity contribution is 0.102. The predicted octanol–water partition coefficient (Wildman–Crippen LogP) is 4.51. The number of anilines is 2. The van der Waals surface area contributed by atoms with Gasteiger partial charge in [-0.15, -0.1) is 0 Å². The lowest BCUT2D eigenvalue weighted by Crippen LogP contribution is -2.30. The van der Waals surface area contributed by atoms with Gasteiger partial charge in [0.05, 0.1) is 12.7 Å². The van der Waals surface area contributed by atoms with Crippen LogP contribution in [0.4, 0.5) is 11.4 Å². The fraction of sp³-hybridized carbons (Fsp3) is 0.174. The number of rotatable bonds is 4. The average Bonchev–Trinajstić information content (AvgIpc) is 2.74. The molecule has 0 saturated heterocycles. The summed E-state index contributed by atoms with van der Waals surface area (Å²) in [5.74, 6) is 0.394. The molecule has 4 heteroatoms. The first kappa shape index (κ1) is 17.2. The Morgan fingerprint density at radius 1 is 0.926 bits per heavy atom. The van der Waals surface area contributed by atoms with Gasteiger partial charge in [0.25, 0.3) is 5.91 Å². The van der Waals surface area contributed by atoms with Crippen molar-refractivity contribution in [2.75, 3.05) is 23.9 Å². The number of carbonyl (C=O) groups excluding carboxylic acids is 1. The van der Waals surface area contributed by atoms with E-state index < -0.39 is 0 Å². The Morgan fingerprint density at radius 2 is 1.63 bits per heavy atom. The summed E-state index contributed by atoms with van der Waals surface area (Å²) in [5, 5.41) is 2.94. The Hall–Kier alpha value is -3.27. The molecule has 1 aliphatic heterocycles. The quantitative estimate of drug-likeness (QED) is 0.746. The van der Waals surface area contributed by atoms with E-state index in [0.717, 1.165) is 25.2 Å². The van der Waals surface area contributed by atoms with E-state index in [1.807, 2.05) is 24.3 Å². The normalized spacial score (nSPS) is 13.0. The fourth-order valence-corrected chi connectivity index (χ4v) is 3.50. The highest BCUT2D eigenvalue weighted by atomic mass is 16.5. The van der Waals surface area contributed by atoms with Crippen LogP contribution in [0, 0.1) is 0 Å². The second-order valence-corrected chi connectivity index (χ2v) is 6.64. The van der Waals surface area contributed by atoms with E-state index >= 15 is 0 Å². The molecule has 1 N–H and O–H groups in total. The molecule has 27 heavy (non-hydrogen) atoms. The Kier molecular flexibility index (Phi) is 4.79. The summed E-state index contributed by atoms with van der Waals surface area (Å²) in [6.45, 7) is 1.92. The third-order valence-corrected chi connectivity index (χ3v) is 4.97. The summed E-state index contributed by atoms with van der Waals surface area (Å²) in [6.07, 6.45) is 1.06. The first-order valence-electron chi connectivity index (χ1n) is 9.11. The molecule has 0 atom stereocenters. The van der Waals surface area contributed by atoms with Crippen LogP contribution in [0.1, 0.15) is 21.5 Å². The summed E-state index contributed by atoms with van der Waals surface area (Å²) in [6, 6.07) is 23.8. The number of benzene rings is 3. The number of carbonyl (C=O) groups is 1. The van der Waals surface area contributed by atoms with E-state index in [1.54, 1.807) is 19.2 Å². The van der Waals surface area contributed by atoms with E-state index in [4.69, 9.17) is 4.74 Å². The Balaban J connectivity index is 1.46. The molecular formula is C23H22N2O2. The van der Waals surface area contributed by atoms with Crippen LogP contribution in [0.25, 0.3) is 0 Å². The zero-order valence-corrected chi connectivity index (χ0v) is 15.3. The number of nitrogens with one attached hydrogen (secondary N) is 1. The molecule has 4 nitrogen and oxygen atoms in total. The standard InChI is InChI=1S/C23H22N2O2/c1-27-22-9-5-4-8-21(22)23(26)24-19-10-12-20(13-11-19)25-15-14-17-6-2-3-7-18(17)16-25/h2-13H,14-16H2,1H3,(H,24,26). The van der Waals surface area contributed by atoms with Crippen molar-refractivity contribution in [1.82, 2.24) is 0 Å². The van der Waals surface area contributed by atoms with Gasteiger partial charge in [-0.05, 0) is 53.9 Å². The maximum absolute atomic E-state index is 12.5. The maximum atomic E-state index is 12.5. The van der Waals surface area contributed by atoms with Gasteiger partial charge in [0.1, 0.15) is 5.75 Å². The van der Waals surface area contributed by atoms with Gasteiger partial charge in [-0.1, -0.05) is 36.4 Å². The molecule has 0 spiro atoms. The zero-order valence-electron chi connectivity index (χ0n) is 15.3. The van der Waals surface area contributed by atoms with Crippen LogP contribution in [0.15, 0.2) is 72.8 Å². The smallest absolute Gasteiger partial charge is 0.259 e. The van der Waals surface area contributed by atoms with Crippen molar-refractivity contribution in [2.24, 2.45) is 0 Å². The van der Waals surface area contributed by atoms with Gasteiger partial charge in [-0.25, -0.2) is 0 Å². The highest BCUT2D eigenvalue weighted by Gasteiger charge is 2.16. The van der Waals surface area contributed by atoms with Crippen molar-refractivity contribution in [3.63, 3.8) is 0 Å². The minimum absolute atomic E-state index is 0.174.